The number of aromatic nitrogens is 3. The molecule has 0 bridgehead atoms. The number of nitrogens with zero attached hydrogens (tertiary/aromatic N) is 3. The minimum Gasteiger partial charge on any atom is -0.480 e. The van der Waals surface area contributed by atoms with Crippen LogP contribution in [0.4, 0.5) is 10.3 Å². The monoisotopic (exact) mass is 402 g/mol. The first-order valence-corrected chi connectivity index (χ1v) is 10.1. The lowest BCUT2D eigenvalue weighted by molar-refractivity contribution is 0.226. The number of anilines is 1. The van der Waals surface area contributed by atoms with Gasteiger partial charge in [0.2, 0.25) is 5.95 Å². The van der Waals surface area contributed by atoms with Crippen molar-refractivity contribution < 1.29 is 9.13 Å². The molecule has 1 N–H and O–H groups in total. The topological polar surface area (TPSA) is 52.0 Å². The number of halogens is 1. The average molecular weight is 402 g/mol. The smallest absolute Gasteiger partial charge is 0.226 e. The fraction of sp³-hybridized carbons (Fsp3) is 0.0909. The second kappa shape index (κ2) is 6.28. The SMILES string of the molecule is Fc1ccccc1[C@@H]1C2=C(Nc3ncnn31)c1ccccc1O[C@H]2c1cccs1. The second-order valence-electron chi connectivity index (χ2n) is 6.92. The number of nitrogens with one attached hydrogen (secondary N) is 1. The Hall–Kier alpha value is -3.45. The Morgan fingerprint density at radius 2 is 1.90 bits per heavy atom. The highest BCUT2D eigenvalue weighted by Gasteiger charge is 2.41. The first-order valence-electron chi connectivity index (χ1n) is 9.26. The lowest BCUT2D eigenvalue weighted by Gasteiger charge is -2.38. The molecule has 2 aromatic carbocycles. The van der Waals surface area contributed by atoms with E-state index in [1.807, 2.05) is 47.8 Å². The van der Waals surface area contributed by atoms with Crippen LogP contribution >= 0.6 is 11.3 Å². The molecule has 2 aliphatic heterocycles. The van der Waals surface area contributed by atoms with Crippen molar-refractivity contribution in [3.05, 3.63) is 99.8 Å². The van der Waals surface area contributed by atoms with Gasteiger partial charge in [-0.3, -0.25) is 0 Å². The van der Waals surface area contributed by atoms with Crippen LogP contribution in [0.5, 0.6) is 5.75 Å². The molecule has 0 saturated heterocycles. The Bertz CT molecular complexity index is 1250. The number of fused-ring (bicyclic) bond motifs is 3. The van der Waals surface area contributed by atoms with Crippen molar-refractivity contribution in [1.82, 2.24) is 14.8 Å². The van der Waals surface area contributed by atoms with Crippen LogP contribution in [0.25, 0.3) is 5.70 Å². The van der Waals surface area contributed by atoms with Gasteiger partial charge in [-0.1, -0.05) is 36.4 Å². The van der Waals surface area contributed by atoms with Crippen LogP contribution in [-0.4, -0.2) is 14.8 Å². The summed E-state index contributed by atoms with van der Waals surface area (Å²) in [4.78, 5) is 5.41. The maximum atomic E-state index is 15.0. The van der Waals surface area contributed by atoms with E-state index in [1.54, 1.807) is 28.2 Å². The van der Waals surface area contributed by atoms with E-state index in [4.69, 9.17) is 4.74 Å². The molecular formula is C22H15FN4OS. The summed E-state index contributed by atoms with van der Waals surface area (Å²) in [5.74, 6) is 1.09. The number of benzene rings is 2. The largest absolute Gasteiger partial charge is 0.480 e. The van der Waals surface area contributed by atoms with Gasteiger partial charge in [0.15, 0.2) is 6.10 Å². The molecule has 0 saturated carbocycles. The van der Waals surface area contributed by atoms with Crippen LogP contribution in [0.2, 0.25) is 0 Å². The maximum Gasteiger partial charge on any atom is 0.226 e. The number of hydrogen-bond donors (Lipinski definition) is 1. The van der Waals surface area contributed by atoms with E-state index in [9.17, 15) is 4.39 Å². The fourth-order valence-electron chi connectivity index (χ4n) is 4.09. The average Bonchev–Trinajstić information content (AvgIpc) is 3.44. The molecule has 29 heavy (non-hydrogen) atoms. The van der Waals surface area contributed by atoms with Gasteiger partial charge in [-0.25, -0.2) is 9.07 Å². The second-order valence-corrected chi connectivity index (χ2v) is 7.90. The van der Waals surface area contributed by atoms with Crippen molar-refractivity contribution in [3.63, 3.8) is 0 Å². The number of thiophene rings is 1. The summed E-state index contributed by atoms with van der Waals surface area (Å²) in [6.07, 6.45) is 1.14. The Kier molecular flexibility index (Phi) is 3.57. The number of ether oxygens (including phenoxy) is 1. The normalized spacial score (nSPS) is 19.6. The molecule has 4 aromatic rings. The van der Waals surface area contributed by atoms with Gasteiger partial charge in [0, 0.05) is 21.6 Å². The molecule has 0 fully saturated rings. The van der Waals surface area contributed by atoms with Crippen LogP contribution in [0.1, 0.15) is 28.1 Å². The predicted molar refractivity (Wildman–Crippen MR) is 109 cm³/mol. The van der Waals surface area contributed by atoms with Gasteiger partial charge in [0.1, 0.15) is 23.9 Å². The van der Waals surface area contributed by atoms with E-state index in [0.717, 1.165) is 27.5 Å². The van der Waals surface area contributed by atoms with Gasteiger partial charge in [-0.2, -0.15) is 10.1 Å². The predicted octanol–water partition coefficient (Wildman–Crippen LogP) is 5.04. The van der Waals surface area contributed by atoms with Crippen LogP contribution in [-0.2, 0) is 0 Å². The van der Waals surface area contributed by atoms with E-state index in [1.165, 1.54) is 12.4 Å². The molecule has 2 aliphatic rings. The zero-order valence-corrected chi connectivity index (χ0v) is 15.9. The quantitative estimate of drug-likeness (QED) is 0.510. The lowest BCUT2D eigenvalue weighted by Crippen LogP contribution is -2.32. The molecule has 4 heterocycles. The Balaban J connectivity index is 1.66. The summed E-state index contributed by atoms with van der Waals surface area (Å²) in [6.45, 7) is 0. The summed E-state index contributed by atoms with van der Waals surface area (Å²) in [6, 6.07) is 18.3. The van der Waals surface area contributed by atoms with Crippen molar-refractivity contribution in [3.8, 4) is 5.75 Å². The van der Waals surface area contributed by atoms with Crippen LogP contribution in [0.3, 0.4) is 0 Å². The summed E-state index contributed by atoms with van der Waals surface area (Å²) in [5, 5.41) is 9.85. The van der Waals surface area contributed by atoms with E-state index >= 15 is 0 Å². The molecule has 0 aliphatic carbocycles. The first kappa shape index (κ1) is 16.5. The summed E-state index contributed by atoms with van der Waals surface area (Å²) >= 11 is 1.62. The van der Waals surface area contributed by atoms with E-state index in [-0.39, 0.29) is 11.9 Å². The Labute approximate surface area is 170 Å². The highest BCUT2D eigenvalue weighted by molar-refractivity contribution is 7.10. The van der Waals surface area contributed by atoms with E-state index in [0.29, 0.717) is 11.5 Å². The zero-order chi connectivity index (χ0) is 19.4. The van der Waals surface area contributed by atoms with Crippen molar-refractivity contribution in [1.29, 1.82) is 0 Å². The van der Waals surface area contributed by atoms with Gasteiger partial charge >= 0.3 is 0 Å². The Morgan fingerprint density at radius 3 is 2.76 bits per heavy atom. The molecule has 142 valence electrons. The molecule has 7 heteroatoms. The summed E-state index contributed by atoms with van der Waals surface area (Å²) < 4.78 is 23.1. The molecule has 2 aromatic heterocycles. The van der Waals surface area contributed by atoms with Gasteiger partial charge in [-0.15, -0.1) is 11.3 Å². The zero-order valence-electron chi connectivity index (χ0n) is 15.1. The number of hydrogen-bond acceptors (Lipinski definition) is 5. The third-order valence-corrected chi connectivity index (χ3v) is 6.24. The molecular weight excluding hydrogens is 387 g/mol. The van der Waals surface area contributed by atoms with E-state index < -0.39 is 6.04 Å². The highest BCUT2D eigenvalue weighted by atomic mass is 32.1. The van der Waals surface area contributed by atoms with Gasteiger partial charge in [0.25, 0.3) is 0 Å². The molecule has 5 nitrogen and oxygen atoms in total. The van der Waals surface area contributed by atoms with E-state index in [2.05, 4.69) is 15.4 Å². The van der Waals surface area contributed by atoms with Crippen LogP contribution in [0, 0.1) is 5.82 Å². The van der Waals surface area contributed by atoms with Crippen molar-refractivity contribution in [2.75, 3.05) is 5.32 Å². The van der Waals surface area contributed by atoms with Crippen molar-refractivity contribution in [2.45, 2.75) is 12.1 Å². The number of para-hydroxylation sites is 1. The third-order valence-electron chi connectivity index (χ3n) is 5.32. The standard InChI is InChI=1S/C22H15FN4OS/c23-15-8-3-1-6-13(15)20-18-19(26-22-24-12-25-27(20)22)14-7-2-4-9-16(14)28-21(18)17-10-5-11-29-17/h1-12,20-21H,(H,24,25,26)/t20-,21+/m1/s1. The molecule has 0 amide bonds. The van der Waals surface area contributed by atoms with Crippen molar-refractivity contribution >= 4 is 23.0 Å². The molecule has 0 unspecified atom stereocenters. The van der Waals surface area contributed by atoms with Gasteiger partial charge in [0.05, 0.1) is 5.70 Å². The minimum absolute atomic E-state index is 0.281. The maximum absolute atomic E-state index is 15.0. The third kappa shape index (κ3) is 2.44. The minimum atomic E-state index is -0.467. The number of rotatable bonds is 2. The molecule has 0 radical (unpaired) electrons. The summed E-state index contributed by atoms with van der Waals surface area (Å²) in [5.41, 5.74) is 3.30. The van der Waals surface area contributed by atoms with Crippen LogP contribution in [0.15, 0.2) is 77.9 Å². The molecule has 0 spiro atoms. The van der Waals surface area contributed by atoms with Crippen molar-refractivity contribution in [2.24, 2.45) is 0 Å². The van der Waals surface area contributed by atoms with Gasteiger partial charge < -0.3 is 10.1 Å². The summed E-state index contributed by atoms with van der Waals surface area (Å²) in [7, 11) is 0. The molecule has 2 atom stereocenters. The first-order chi connectivity index (χ1) is 14.3. The molecule has 6 rings (SSSR count). The van der Waals surface area contributed by atoms with Crippen LogP contribution < -0.4 is 10.1 Å². The fourth-order valence-corrected chi connectivity index (χ4v) is 4.86. The van der Waals surface area contributed by atoms with Gasteiger partial charge in [-0.05, 0) is 29.6 Å². The Morgan fingerprint density at radius 1 is 1.03 bits per heavy atom. The lowest BCUT2D eigenvalue weighted by atomic mass is 9.86. The highest BCUT2D eigenvalue weighted by Crippen LogP contribution is 2.51.